The van der Waals surface area contributed by atoms with Crippen LogP contribution in [0.1, 0.15) is 49.2 Å². The maximum atomic E-state index is 11.8. The average molecular weight is 274 g/mol. The van der Waals surface area contributed by atoms with Crippen molar-refractivity contribution < 1.29 is 19.1 Å². The van der Waals surface area contributed by atoms with Crippen LogP contribution in [0.5, 0.6) is 0 Å². The molecule has 0 N–H and O–H groups in total. The second-order valence-electron chi connectivity index (χ2n) is 5.81. The summed E-state index contributed by atoms with van der Waals surface area (Å²) in [5.41, 5.74) is 2.61. The first-order chi connectivity index (χ1) is 9.26. The van der Waals surface area contributed by atoms with Crippen molar-refractivity contribution in [2.75, 3.05) is 0 Å². The first kappa shape index (κ1) is 14.3. The predicted octanol–water partition coefficient (Wildman–Crippen LogP) is 3.10. The average Bonchev–Trinajstić information content (AvgIpc) is 2.68. The lowest BCUT2D eigenvalue weighted by atomic mass is 10.0. The Morgan fingerprint density at radius 2 is 2.05 bits per heavy atom. The summed E-state index contributed by atoms with van der Waals surface area (Å²) in [5.74, 6) is -0.664. The quantitative estimate of drug-likeness (QED) is 0.614. The Hall–Kier alpha value is -2.10. The van der Waals surface area contributed by atoms with Crippen molar-refractivity contribution in [2.45, 2.75) is 39.9 Å². The van der Waals surface area contributed by atoms with Crippen LogP contribution in [0.4, 0.5) is 0 Å². The van der Waals surface area contributed by atoms with Gasteiger partial charge in [0.05, 0.1) is 5.56 Å². The van der Waals surface area contributed by atoms with Crippen LogP contribution in [-0.4, -0.2) is 17.5 Å². The van der Waals surface area contributed by atoms with Crippen LogP contribution in [0.3, 0.4) is 0 Å². The molecule has 4 nitrogen and oxygen atoms in total. The third kappa shape index (κ3) is 3.26. The van der Waals surface area contributed by atoms with Crippen molar-refractivity contribution in [1.82, 2.24) is 0 Å². The number of benzene rings is 1. The Labute approximate surface area is 118 Å². The normalized spacial score (nSPS) is 14.8. The molecule has 0 saturated carbocycles. The highest BCUT2D eigenvalue weighted by molar-refractivity contribution is 5.95. The van der Waals surface area contributed by atoms with E-state index in [9.17, 15) is 9.59 Å². The van der Waals surface area contributed by atoms with Gasteiger partial charge in [0.25, 0.3) is 0 Å². The molecule has 1 heterocycles. The SMILES string of the molecule is CC(=CC(=O)OC(C)(C)C)c1ccc2c(c1)COC2=O. The molecule has 0 atom stereocenters. The van der Waals surface area contributed by atoms with Crippen LogP contribution in [0.2, 0.25) is 0 Å². The number of carbonyl (C=O) groups excluding carboxylic acids is 2. The molecule has 0 amide bonds. The van der Waals surface area contributed by atoms with Crippen molar-refractivity contribution >= 4 is 17.5 Å². The maximum absolute atomic E-state index is 11.8. The number of allylic oxidation sites excluding steroid dienone is 1. The highest BCUT2D eigenvalue weighted by Crippen LogP contribution is 2.24. The van der Waals surface area contributed by atoms with Gasteiger partial charge in [-0.3, -0.25) is 0 Å². The van der Waals surface area contributed by atoms with Gasteiger partial charge in [0, 0.05) is 11.6 Å². The monoisotopic (exact) mass is 274 g/mol. The number of hydrogen-bond acceptors (Lipinski definition) is 4. The third-order valence-corrected chi connectivity index (χ3v) is 2.88. The molecule has 1 aromatic rings. The summed E-state index contributed by atoms with van der Waals surface area (Å²) in [6.07, 6.45) is 1.46. The molecular formula is C16H18O4. The summed E-state index contributed by atoms with van der Waals surface area (Å²) in [7, 11) is 0. The summed E-state index contributed by atoms with van der Waals surface area (Å²) >= 11 is 0. The van der Waals surface area contributed by atoms with E-state index in [0.29, 0.717) is 12.2 Å². The molecule has 0 aliphatic carbocycles. The van der Waals surface area contributed by atoms with Gasteiger partial charge in [-0.1, -0.05) is 6.07 Å². The summed E-state index contributed by atoms with van der Waals surface area (Å²) < 4.78 is 10.2. The van der Waals surface area contributed by atoms with Gasteiger partial charge in [-0.15, -0.1) is 0 Å². The summed E-state index contributed by atoms with van der Waals surface area (Å²) in [5, 5.41) is 0. The van der Waals surface area contributed by atoms with Crippen LogP contribution in [0.25, 0.3) is 5.57 Å². The van der Waals surface area contributed by atoms with Crippen molar-refractivity contribution in [3.8, 4) is 0 Å². The largest absolute Gasteiger partial charge is 0.457 e. The molecule has 0 saturated heterocycles. The fourth-order valence-electron chi connectivity index (χ4n) is 1.97. The molecule has 0 fully saturated rings. The van der Waals surface area contributed by atoms with Gasteiger partial charge < -0.3 is 9.47 Å². The van der Waals surface area contributed by atoms with Crippen molar-refractivity contribution in [3.63, 3.8) is 0 Å². The molecule has 20 heavy (non-hydrogen) atoms. The minimum Gasteiger partial charge on any atom is -0.457 e. The molecule has 1 aliphatic rings. The summed E-state index contributed by atoms with van der Waals surface area (Å²) in [6, 6.07) is 5.41. The predicted molar refractivity (Wildman–Crippen MR) is 75.1 cm³/mol. The second kappa shape index (κ2) is 5.12. The third-order valence-electron chi connectivity index (χ3n) is 2.88. The molecule has 0 unspecified atom stereocenters. The lowest BCUT2D eigenvalue weighted by molar-refractivity contribution is -0.148. The van der Waals surface area contributed by atoms with E-state index in [1.807, 2.05) is 39.8 Å². The fourth-order valence-corrected chi connectivity index (χ4v) is 1.97. The van der Waals surface area contributed by atoms with Gasteiger partial charge in [0.2, 0.25) is 0 Å². The summed E-state index contributed by atoms with van der Waals surface area (Å²) in [6.45, 7) is 7.61. The highest BCUT2D eigenvalue weighted by atomic mass is 16.6. The Morgan fingerprint density at radius 1 is 1.35 bits per heavy atom. The lowest BCUT2D eigenvalue weighted by Gasteiger charge is -2.18. The zero-order valence-corrected chi connectivity index (χ0v) is 12.1. The molecule has 0 spiro atoms. The minimum absolute atomic E-state index is 0.291. The highest BCUT2D eigenvalue weighted by Gasteiger charge is 2.21. The molecular weight excluding hydrogens is 256 g/mol. The lowest BCUT2D eigenvalue weighted by Crippen LogP contribution is -2.22. The van der Waals surface area contributed by atoms with E-state index >= 15 is 0 Å². The van der Waals surface area contributed by atoms with Gasteiger partial charge in [0.15, 0.2) is 0 Å². The second-order valence-corrected chi connectivity index (χ2v) is 5.81. The van der Waals surface area contributed by atoms with Crippen LogP contribution < -0.4 is 0 Å². The zero-order chi connectivity index (χ0) is 14.9. The fraction of sp³-hybridized carbons (Fsp3) is 0.375. The Kier molecular flexibility index (Phi) is 3.66. The smallest absolute Gasteiger partial charge is 0.338 e. The van der Waals surface area contributed by atoms with Crippen LogP contribution in [0, 0.1) is 0 Å². The number of carbonyl (C=O) groups is 2. The zero-order valence-electron chi connectivity index (χ0n) is 12.1. The number of esters is 2. The number of rotatable bonds is 2. The summed E-state index contributed by atoms with van der Waals surface area (Å²) in [4.78, 5) is 23.1. The first-order valence-electron chi connectivity index (χ1n) is 6.48. The number of ether oxygens (including phenoxy) is 2. The Balaban J connectivity index is 2.20. The van der Waals surface area contributed by atoms with E-state index in [1.54, 1.807) is 6.07 Å². The van der Waals surface area contributed by atoms with Gasteiger partial charge in [-0.05, 0) is 51.0 Å². The van der Waals surface area contributed by atoms with E-state index in [4.69, 9.17) is 9.47 Å². The molecule has 0 radical (unpaired) electrons. The standard InChI is InChI=1S/C16H18O4/c1-10(7-14(17)20-16(2,3)4)11-5-6-13-12(8-11)9-19-15(13)18/h5-8H,9H2,1-4H3. The molecule has 1 aliphatic heterocycles. The first-order valence-corrected chi connectivity index (χ1v) is 6.48. The minimum atomic E-state index is -0.508. The van der Waals surface area contributed by atoms with Gasteiger partial charge in [0.1, 0.15) is 12.2 Å². The molecule has 0 bridgehead atoms. The number of cyclic esters (lactones) is 1. The Bertz CT molecular complexity index is 591. The topological polar surface area (TPSA) is 52.6 Å². The molecule has 106 valence electrons. The van der Waals surface area contributed by atoms with E-state index in [-0.39, 0.29) is 11.9 Å². The van der Waals surface area contributed by atoms with Crippen LogP contribution in [-0.2, 0) is 20.9 Å². The van der Waals surface area contributed by atoms with Crippen molar-refractivity contribution in [1.29, 1.82) is 0 Å². The Morgan fingerprint density at radius 3 is 2.70 bits per heavy atom. The van der Waals surface area contributed by atoms with E-state index in [0.717, 1.165) is 16.7 Å². The van der Waals surface area contributed by atoms with E-state index < -0.39 is 5.60 Å². The van der Waals surface area contributed by atoms with Gasteiger partial charge >= 0.3 is 11.9 Å². The van der Waals surface area contributed by atoms with Crippen molar-refractivity contribution in [2.24, 2.45) is 0 Å². The number of hydrogen-bond donors (Lipinski definition) is 0. The number of fused-ring (bicyclic) bond motifs is 1. The molecule has 1 aromatic carbocycles. The van der Waals surface area contributed by atoms with Crippen molar-refractivity contribution in [3.05, 3.63) is 41.0 Å². The van der Waals surface area contributed by atoms with Crippen LogP contribution in [0.15, 0.2) is 24.3 Å². The molecule has 4 heteroatoms. The van der Waals surface area contributed by atoms with Crippen LogP contribution >= 0.6 is 0 Å². The van der Waals surface area contributed by atoms with E-state index in [1.165, 1.54) is 6.08 Å². The molecule has 0 aromatic heterocycles. The molecule has 2 rings (SSSR count). The van der Waals surface area contributed by atoms with E-state index in [2.05, 4.69) is 0 Å². The van der Waals surface area contributed by atoms with Gasteiger partial charge in [-0.25, -0.2) is 9.59 Å². The maximum Gasteiger partial charge on any atom is 0.338 e. The van der Waals surface area contributed by atoms with Gasteiger partial charge in [-0.2, -0.15) is 0 Å².